The van der Waals surface area contributed by atoms with Crippen LogP contribution in [0.2, 0.25) is 0 Å². The Morgan fingerprint density at radius 2 is 2.24 bits per heavy atom. The number of aromatic nitrogens is 1. The maximum absolute atomic E-state index is 11.7. The van der Waals surface area contributed by atoms with Gasteiger partial charge in [-0.1, -0.05) is 5.16 Å². The second-order valence-corrected chi connectivity index (χ2v) is 4.73. The van der Waals surface area contributed by atoms with E-state index in [2.05, 4.69) is 10.5 Å². The molecule has 96 valence electrons. The lowest BCUT2D eigenvalue weighted by Gasteiger charge is -2.32. The summed E-state index contributed by atoms with van der Waals surface area (Å²) in [6, 6.07) is 1.43. The predicted molar refractivity (Wildman–Crippen MR) is 62.5 cm³/mol. The van der Waals surface area contributed by atoms with Crippen LogP contribution in [-0.2, 0) is 6.61 Å². The van der Waals surface area contributed by atoms with E-state index in [0.717, 1.165) is 0 Å². The number of rotatable bonds is 5. The number of amides is 1. The van der Waals surface area contributed by atoms with E-state index in [0.29, 0.717) is 6.54 Å². The van der Waals surface area contributed by atoms with Gasteiger partial charge in [-0.3, -0.25) is 4.79 Å². The summed E-state index contributed by atoms with van der Waals surface area (Å²) in [6.07, 6.45) is 0. The number of nitrogens with zero attached hydrogens (tertiary/aromatic N) is 2. The number of aliphatic hydroxyl groups excluding tert-OH is 1. The Kier molecular flexibility index (Phi) is 4.25. The minimum absolute atomic E-state index is 0.140. The van der Waals surface area contributed by atoms with Gasteiger partial charge in [0.15, 0.2) is 11.5 Å². The van der Waals surface area contributed by atoms with Gasteiger partial charge in [-0.05, 0) is 27.9 Å². The molecule has 0 fully saturated rings. The highest BCUT2D eigenvalue weighted by Crippen LogP contribution is 2.09. The molecule has 6 nitrogen and oxygen atoms in total. The average Bonchev–Trinajstić information content (AvgIpc) is 2.74. The third kappa shape index (κ3) is 3.54. The molecule has 0 saturated carbocycles. The zero-order chi connectivity index (χ0) is 13.1. The van der Waals surface area contributed by atoms with E-state index in [1.165, 1.54) is 6.07 Å². The lowest BCUT2D eigenvalue weighted by molar-refractivity contribution is 0.0910. The van der Waals surface area contributed by atoms with Crippen molar-refractivity contribution in [3.05, 3.63) is 17.5 Å². The fourth-order valence-electron chi connectivity index (χ4n) is 1.04. The summed E-state index contributed by atoms with van der Waals surface area (Å²) >= 11 is 0. The van der Waals surface area contributed by atoms with Crippen molar-refractivity contribution in [2.24, 2.45) is 0 Å². The zero-order valence-corrected chi connectivity index (χ0v) is 10.6. The number of hydrogen-bond acceptors (Lipinski definition) is 5. The zero-order valence-electron chi connectivity index (χ0n) is 10.6. The van der Waals surface area contributed by atoms with Crippen molar-refractivity contribution >= 4 is 5.91 Å². The Morgan fingerprint density at radius 1 is 1.59 bits per heavy atom. The Hall–Kier alpha value is -1.40. The minimum Gasteiger partial charge on any atom is -0.388 e. The maximum Gasteiger partial charge on any atom is 0.273 e. The highest BCUT2D eigenvalue weighted by molar-refractivity contribution is 5.92. The van der Waals surface area contributed by atoms with Crippen molar-refractivity contribution in [3.63, 3.8) is 0 Å². The first-order valence-electron chi connectivity index (χ1n) is 5.39. The van der Waals surface area contributed by atoms with Gasteiger partial charge in [0.2, 0.25) is 0 Å². The lowest BCUT2D eigenvalue weighted by Crippen LogP contribution is -2.48. The predicted octanol–water partition coefficient (Wildman–Crippen LogP) is 0.237. The highest BCUT2D eigenvalue weighted by Gasteiger charge is 2.22. The third-order valence-corrected chi connectivity index (χ3v) is 2.84. The molecular weight excluding hydrogens is 222 g/mol. The van der Waals surface area contributed by atoms with Crippen molar-refractivity contribution in [2.75, 3.05) is 20.6 Å². The second kappa shape index (κ2) is 5.29. The van der Waals surface area contributed by atoms with Crippen molar-refractivity contribution in [1.82, 2.24) is 15.4 Å². The summed E-state index contributed by atoms with van der Waals surface area (Å²) in [5.74, 6) is -0.0228. The van der Waals surface area contributed by atoms with Gasteiger partial charge in [0, 0.05) is 18.2 Å². The molecule has 17 heavy (non-hydrogen) atoms. The second-order valence-electron chi connectivity index (χ2n) is 4.73. The van der Waals surface area contributed by atoms with Gasteiger partial charge in [0.25, 0.3) is 5.91 Å². The fourth-order valence-corrected chi connectivity index (χ4v) is 1.04. The van der Waals surface area contributed by atoms with Crippen molar-refractivity contribution < 1.29 is 14.4 Å². The molecule has 0 unspecified atom stereocenters. The van der Waals surface area contributed by atoms with Gasteiger partial charge in [-0.2, -0.15) is 0 Å². The SMILES string of the molecule is CN(C)C(C)(C)CNC(=O)c1cc(CO)on1. The molecule has 0 spiro atoms. The highest BCUT2D eigenvalue weighted by atomic mass is 16.5. The number of carbonyl (C=O) groups excluding carboxylic acids is 1. The van der Waals surface area contributed by atoms with E-state index in [1.807, 2.05) is 32.8 Å². The van der Waals surface area contributed by atoms with E-state index < -0.39 is 0 Å². The van der Waals surface area contributed by atoms with E-state index in [9.17, 15) is 4.79 Å². The first-order valence-corrected chi connectivity index (χ1v) is 5.39. The van der Waals surface area contributed by atoms with Crippen LogP contribution in [-0.4, -0.2) is 47.2 Å². The van der Waals surface area contributed by atoms with E-state index >= 15 is 0 Å². The number of likely N-dealkylation sites (N-methyl/N-ethyl adjacent to an activating group) is 1. The molecular formula is C11H19N3O3. The molecule has 0 radical (unpaired) electrons. The van der Waals surface area contributed by atoms with E-state index in [1.54, 1.807) is 0 Å². The summed E-state index contributed by atoms with van der Waals surface area (Å²) < 4.78 is 4.74. The van der Waals surface area contributed by atoms with Crippen molar-refractivity contribution in [3.8, 4) is 0 Å². The summed E-state index contributed by atoms with van der Waals surface area (Å²) in [6.45, 7) is 4.29. The molecule has 0 aromatic carbocycles. The van der Waals surface area contributed by atoms with Gasteiger partial charge < -0.3 is 19.8 Å². The molecule has 6 heteroatoms. The van der Waals surface area contributed by atoms with Gasteiger partial charge in [-0.25, -0.2) is 0 Å². The van der Waals surface area contributed by atoms with Gasteiger partial charge in [0.05, 0.1) is 0 Å². The normalized spacial score (nSPS) is 11.9. The maximum atomic E-state index is 11.7. The van der Waals surface area contributed by atoms with E-state index in [4.69, 9.17) is 9.63 Å². The summed E-state index contributed by atoms with van der Waals surface area (Å²) in [5.41, 5.74) is 0.0442. The molecule has 1 heterocycles. The quantitative estimate of drug-likeness (QED) is 0.772. The van der Waals surface area contributed by atoms with E-state index in [-0.39, 0.29) is 29.5 Å². The average molecular weight is 241 g/mol. The van der Waals surface area contributed by atoms with Crippen molar-refractivity contribution in [2.45, 2.75) is 26.0 Å². The molecule has 1 rings (SSSR count). The van der Waals surface area contributed by atoms with Gasteiger partial charge in [0.1, 0.15) is 6.61 Å². The van der Waals surface area contributed by atoms with Gasteiger partial charge in [-0.15, -0.1) is 0 Å². The van der Waals surface area contributed by atoms with Crippen LogP contribution in [0.25, 0.3) is 0 Å². The van der Waals surface area contributed by atoms with Crippen molar-refractivity contribution in [1.29, 1.82) is 0 Å². The summed E-state index contributed by atoms with van der Waals surface area (Å²) in [4.78, 5) is 13.7. The standard InChI is InChI=1S/C11H19N3O3/c1-11(2,14(3)4)7-12-10(16)9-5-8(6-15)17-13-9/h5,15H,6-7H2,1-4H3,(H,12,16). The molecule has 0 aliphatic rings. The first-order chi connectivity index (χ1) is 7.86. The lowest BCUT2D eigenvalue weighted by atomic mass is 10.0. The molecule has 0 saturated heterocycles. The Morgan fingerprint density at radius 3 is 2.71 bits per heavy atom. The van der Waals surface area contributed by atoms with Crippen LogP contribution >= 0.6 is 0 Å². The number of hydrogen-bond donors (Lipinski definition) is 2. The largest absolute Gasteiger partial charge is 0.388 e. The Balaban J connectivity index is 2.56. The molecule has 0 aliphatic carbocycles. The molecule has 1 aromatic heterocycles. The monoisotopic (exact) mass is 241 g/mol. The molecule has 1 aromatic rings. The number of carbonyl (C=O) groups is 1. The molecule has 0 bridgehead atoms. The van der Waals surface area contributed by atoms with Crippen LogP contribution < -0.4 is 5.32 Å². The summed E-state index contributed by atoms with van der Waals surface area (Å²) in [7, 11) is 3.90. The Labute approximate surface area is 101 Å². The van der Waals surface area contributed by atoms with Gasteiger partial charge >= 0.3 is 0 Å². The van der Waals surface area contributed by atoms with Crippen LogP contribution in [0.4, 0.5) is 0 Å². The smallest absolute Gasteiger partial charge is 0.273 e. The minimum atomic E-state index is -0.302. The van der Waals surface area contributed by atoms with Crippen LogP contribution in [0.3, 0.4) is 0 Å². The van der Waals surface area contributed by atoms with Crippen LogP contribution in [0.15, 0.2) is 10.6 Å². The summed E-state index contributed by atoms with van der Waals surface area (Å²) in [5, 5.41) is 15.1. The first kappa shape index (κ1) is 13.7. The van der Waals surface area contributed by atoms with Crippen LogP contribution in [0, 0.1) is 0 Å². The topological polar surface area (TPSA) is 78.6 Å². The fraction of sp³-hybridized carbons (Fsp3) is 0.636. The Bertz CT molecular complexity index is 385. The van der Waals surface area contributed by atoms with Crippen LogP contribution in [0.5, 0.6) is 0 Å². The molecule has 0 atom stereocenters. The molecule has 1 amide bonds. The third-order valence-electron chi connectivity index (χ3n) is 2.84. The number of aliphatic hydroxyl groups is 1. The molecule has 0 aliphatic heterocycles. The van der Waals surface area contributed by atoms with Crippen LogP contribution in [0.1, 0.15) is 30.1 Å². The molecule has 2 N–H and O–H groups in total. The number of nitrogens with one attached hydrogen (secondary N) is 1.